The molecule has 28 heavy (non-hydrogen) atoms. The smallest absolute Gasteiger partial charge is 0.191 e. The van der Waals surface area contributed by atoms with Crippen molar-refractivity contribution in [1.82, 2.24) is 14.4 Å². The molecule has 3 heterocycles. The zero-order valence-corrected chi connectivity index (χ0v) is 15.5. The number of pyridine rings is 2. The van der Waals surface area contributed by atoms with Gasteiger partial charge in [-0.1, -0.05) is 18.2 Å². The van der Waals surface area contributed by atoms with Crippen molar-refractivity contribution < 1.29 is 0 Å². The molecule has 0 aliphatic carbocycles. The average Bonchev–Trinajstić information content (AvgIpc) is 3.05. The fraction of sp³-hybridized carbons (Fsp3) is 0.0952. The maximum absolute atomic E-state index is 5.42. The third kappa shape index (κ3) is 3.64. The molecule has 3 aromatic heterocycles. The summed E-state index contributed by atoms with van der Waals surface area (Å²) in [6.07, 6.45) is 5.66. The molecule has 140 valence electrons. The largest absolute Gasteiger partial charge is 0.370 e. The molecule has 0 saturated carbocycles. The minimum Gasteiger partial charge on any atom is -0.370 e. The summed E-state index contributed by atoms with van der Waals surface area (Å²) in [5, 5.41) is 3.53. The monoisotopic (exact) mass is 371 g/mol. The Kier molecular flexibility index (Phi) is 4.63. The van der Waals surface area contributed by atoms with E-state index in [-0.39, 0.29) is 5.96 Å². The molecule has 1 aromatic carbocycles. The Morgan fingerprint density at radius 1 is 1.11 bits per heavy atom. The zero-order chi connectivity index (χ0) is 19.5. The summed E-state index contributed by atoms with van der Waals surface area (Å²) in [4.78, 5) is 13.1. The lowest BCUT2D eigenvalue weighted by molar-refractivity contribution is 1.08. The van der Waals surface area contributed by atoms with E-state index in [0.717, 1.165) is 39.5 Å². The van der Waals surface area contributed by atoms with Crippen LogP contribution < -0.4 is 16.8 Å². The normalized spacial score (nSPS) is 10.8. The summed E-state index contributed by atoms with van der Waals surface area (Å²) < 4.78 is 2.07. The van der Waals surface area contributed by atoms with Crippen LogP contribution in [0.2, 0.25) is 0 Å². The van der Waals surface area contributed by atoms with Crippen LogP contribution in [0.15, 0.2) is 72.1 Å². The molecule has 5 N–H and O–H groups in total. The van der Waals surface area contributed by atoms with Gasteiger partial charge in [0, 0.05) is 30.7 Å². The molecule has 4 rings (SSSR count). The fourth-order valence-corrected chi connectivity index (χ4v) is 3.05. The Morgan fingerprint density at radius 3 is 2.64 bits per heavy atom. The first kappa shape index (κ1) is 17.5. The molecule has 0 fully saturated rings. The second kappa shape index (κ2) is 7.40. The zero-order valence-electron chi connectivity index (χ0n) is 15.5. The molecule has 4 aromatic rings. The Labute approximate surface area is 162 Å². The van der Waals surface area contributed by atoms with Gasteiger partial charge in [-0.15, -0.1) is 0 Å². The van der Waals surface area contributed by atoms with E-state index in [1.807, 2.05) is 48.7 Å². The van der Waals surface area contributed by atoms with Crippen LogP contribution in [0.4, 0.5) is 11.5 Å². The van der Waals surface area contributed by atoms with E-state index < -0.39 is 0 Å². The maximum Gasteiger partial charge on any atom is 0.191 e. The van der Waals surface area contributed by atoms with Crippen molar-refractivity contribution in [3.8, 4) is 11.3 Å². The number of nitrogens with zero attached hydrogens (tertiary/aromatic N) is 4. The molecule has 0 saturated heterocycles. The minimum absolute atomic E-state index is 0.0492. The van der Waals surface area contributed by atoms with Crippen LogP contribution in [0.3, 0.4) is 0 Å². The van der Waals surface area contributed by atoms with E-state index in [4.69, 9.17) is 16.5 Å². The molecular formula is C21H21N7. The number of nitrogens with two attached hydrogens (primary N) is 2. The number of rotatable bonds is 5. The number of anilines is 1. The van der Waals surface area contributed by atoms with Crippen LogP contribution in [0.1, 0.15) is 11.1 Å². The number of benzene rings is 1. The predicted molar refractivity (Wildman–Crippen MR) is 112 cm³/mol. The van der Waals surface area contributed by atoms with E-state index in [9.17, 15) is 0 Å². The van der Waals surface area contributed by atoms with Crippen LogP contribution >= 0.6 is 0 Å². The van der Waals surface area contributed by atoms with Gasteiger partial charge in [0.25, 0.3) is 0 Å². The second-order valence-corrected chi connectivity index (χ2v) is 6.54. The molecular weight excluding hydrogens is 350 g/mol. The fourth-order valence-electron chi connectivity index (χ4n) is 3.05. The molecule has 0 bridgehead atoms. The molecule has 7 heteroatoms. The number of aryl methyl sites for hydroxylation is 1. The van der Waals surface area contributed by atoms with Crippen LogP contribution in [-0.2, 0) is 6.54 Å². The molecule has 0 unspecified atom stereocenters. The topological polar surface area (TPSA) is 107 Å². The SMILES string of the molecule is Cc1ccc2nc(-c3cccnc3)c(NCc3ccc(N=C(N)N)cc3)n2c1. The van der Waals surface area contributed by atoms with Crippen molar-refractivity contribution >= 4 is 23.1 Å². The molecule has 0 aliphatic rings. The predicted octanol–water partition coefficient (Wildman–Crippen LogP) is 3.22. The van der Waals surface area contributed by atoms with Crippen LogP contribution in [-0.4, -0.2) is 20.3 Å². The van der Waals surface area contributed by atoms with Gasteiger partial charge in [-0.05, 0) is 48.4 Å². The van der Waals surface area contributed by atoms with Gasteiger partial charge in [0.15, 0.2) is 5.96 Å². The minimum atomic E-state index is 0.0492. The van der Waals surface area contributed by atoms with Crippen molar-refractivity contribution in [2.45, 2.75) is 13.5 Å². The Balaban J connectivity index is 1.67. The van der Waals surface area contributed by atoms with Crippen molar-refractivity contribution in [2.75, 3.05) is 5.32 Å². The molecule has 0 atom stereocenters. The van der Waals surface area contributed by atoms with Gasteiger partial charge in [0.2, 0.25) is 0 Å². The summed E-state index contributed by atoms with van der Waals surface area (Å²) in [7, 11) is 0. The van der Waals surface area contributed by atoms with E-state index in [0.29, 0.717) is 6.54 Å². The Bertz CT molecular complexity index is 1120. The number of nitrogens with one attached hydrogen (secondary N) is 1. The van der Waals surface area contributed by atoms with Crippen LogP contribution in [0, 0.1) is 6.92 Å². The molecule has 0 amide bonds. The van der Waals surface area contributed by atoms with Crippen LogP contribution in [0.25, 0.3) is 16.9 Å². The van der Waals surface area contributed by atoms with Gasteiger partial charge in [-0.25, -0.2) is 9.98 Å². The number of hydrogen-bond donors (Lipinski definition) is 3. The highest BCUT2D eigenvalue weighted by atomic mass is 15.1. The molecule has 0 radical (unpaired) electrons. The first-order chi connectivity index (χ1) is 13.6. The standard InChI is InChI=1S/C21H21N7/c1-14-4-9-18-27-19(16-3-2-10-24-12-16)20(28(18)13-14)25-11-15-5-7-17(8-6-15)26-21(22)23/h2-10,12-13,25H,11H2,1H3,(H4,22,23,26). The van der Waals surface area contributed by atoms with E-state index in [1.54, 1.807) is 6.20 Å². The molecule has 0 spiro atoms. The second-order valence-electron chi connectivity index (χ2n) is 6.54. The quantitative estimate of drug-likeness (QED) is 0.369. The highest BCUT2D eigenvalue weighted by Gasteiger charge is 2.14. The maximum atomic E-state index is 5.42. The highest BCUT2D eigenvalue weighted by molar-refractivity contribution is 5.79. The summed E-state index contributed by atoms with van der Waals surface area (Å²) in [5.74, 6) is 0.980. The third-order valence-corrected chi connectivity index (χ3v) is 4.36. The summed E-state index contributed by atoms with van der Waals surface area (Å²) in [6, 6.07) is 15.8. The van der Waals surface area contributed by atoms with Gasteiger partial charge in [-0.2, -0.15) is 0 Å². The van der Waals surface area contributed by atoms with Crippen molar-refractivity contribution in [2.24, 2.45) is 16.5 Å². The lowest BCUT2D eigenvalue weighted by atomic mass is 10.2. The number of aliphatic imine (C=N–C) groups is 1. The van der Waals surface area contributed by atoms with Gasteiger partial charge in [0.1, 0.15) is 17.2 Å². The average molecular weight is 371 g/mol. The first-order valence-electron chi connectivity index (χ1n) is 8.92. The van der Waals surface area contributed by atoms with Crippen molar-refractivity contribution in [3.05, 3.63) is 78.2 Å². The number of imidazole rings is 1. The van der Waals surface area contributed by atoms with Crippen molar-refractivity contribution in [1.29, 1.82) is 0 Å². The van der Waals surface area contributed by atoms with E-state index in [1.165, 1.54) is 0 Å². The summed E-state index contributed by atoms with van der Waals surface area (Å²) in [5.41, 5.74) is 16.6. The number of guanidine groups is 1. The number of aromatic nitrogens is 3. The first-order valence-corrected chi connectivity index (χ1v) is 8.92. The van der Waals surface area contributed by atoms with Gasteiger partial charge < -0.3 is 16.8 Å². The Hall–Kier alpha value is -3.87. The third-order valence-electron chi connectivity index (χ3n) is 4.36. The van der Waals surface area contributed by atoms with Crippen molar-refractivity contribution in [3.63, 3.8) is 0 Å². The Morgan fingerprint density at radius 2 is 1.93 bits per heavy atom. The molecule has 0 aliphatic heterocycles. The lowest BCUT2D eigenvalue weighted by Gasteiger charge is -2.10. The van der Waals surface area contributed by atoms with E-state index >= 15 is 0 Å². The van der Waals surface area contributed by atoms with Gasteiger partial charge in [-0.3, -0.25) is 9.38 Å². The summed E-state index contributed by atoms with van der Waals surface area (Å²) in [6.45, 7) is 2.70. The van der Waals surface area contributed by atoms with Gasteiger partial charge >= 0.3 is 0 Å². The van der Waals surface area contributed by atoms with Gasteiger partial charge in [0.05, 0.1) is 5.69 Å². The number of hydrogen-bond acceptors (Lipinski definition) is 4. The van der Waals surface area contributed by atoms with Crippen LogP contribution in [0.5, 0.6) is 0 Å². The highest BCUT2D eigenvalue weighted by Crippen LogP contribution is 2.29. The lowest BCUT2D eigenvalue weighted by Crippen LogP contribution is -2.21. The summed E-state index contributed by atoms with van der Waals surface area (Å²) >= 11 is 0. The van der Waals surface area contributed by atoms with E-state index in [2.05, 4.69) is 38.9 Å². The molecule has 7 nitrogen and oxygen atoms in total. The number of fused-ring (bicyclic) bond motifs is 1.